The van der Waals surface area contributed by atoms with Gasteiger partial charge in [-0.3, -0.25) is 24.6 Å². The van der Waals surface area contributed by atoms with Crippen LogP contribution in [0.3, 0.4) is 0 Å². The Morgan fingerprint density at radius 2 is 1.62 bits per heavy atom. The molecule has 1 fully saturated rings. The Kier molecular flexibility index (Phi) is 5.79. The fourth-order valence-electron chi connectivity index (χ4n) is 3.22. The summed E-state index contributed by atoms with van der Waals surface area (Å²) in [6.07, 6.45) is 3.35. The Balaban J connectivity index is 2.11. The lowest BCUT2D eigenvalue weighted by atomic mass is 9.85. The first kappa shape index (κ1) is 19.6. The van der Waals surface area contributed by atoms with Gasteiger partial charge in [0.05, 0.1) is 11.8 Å². The quantitative estimate of drug-likeness (QED) is 0.402. The number of allylic oxidation sites excluding steroid dienone is 2. The zero-order valence-corrected chi connectivity index (χ0v) is 14.9. The predicted octanol–water partition coefficient (Wildman–Crippen LogP) is 0.0888. The van der Waals surface area contributed by atoms with Gasteiger partial charge in [0, 0.05) is 0 Å². The van der Waals surface area contributed by atoms with Crippen LogP contribution in [0.2, 0.25) is 0 Å². The molecule has 1 saturated heterocycles. The van der Waals surface area contributed by atoms with Gasteiger partial charge in [-0.1, -0.05) is 26.0 Å². The van der Waals surface area contributed by atoms with E-state index in [0.717, 1.165) is 4.90 Å². The van der Waals surface area contributed by atoms with Gasteiger partial charge < -0.3 is 10.5 Å². The van der Waals surface area contributed by atoms with Crippen molar-refractivity contribution in [2.24, 2.45) is 23.5 Å². The van der Waals surface area contributed by atoms with Gasteiger partial charge in [-0.25, -0.2) is 9.59 Å². The Hall–Kier alpha value is -2.71. The number of esters is 1. The molecule has 142 valence electrons. The van der Waals surface area contributed by atoms with Crippen LogP contribution in [0.5, 0.6) is 0 Å². The van der Waals surface area contributed by atoms with Gasteiger partial charge in [-0.15, -0.1) is 0 Å². The molecule has 0 radical (unpaired) electrons. The highest BCUT2D eigenvalue weighted by Crippen LogP contribution is 2.36. The number of amides is 5. The van der Waals surface area contributed by atoms with Crippen molar-refractivity contribution in [2.75, 3.05) is 0 Å². The molecule has 1 aliphatic carbocycles. The lowest BCUT2D eigenvalue weighted by molar-refractivity contribution is -0.166. The molecule has 0 unspecified atom stereocenters. The second kappa shape index (κ2) is 7.67. The minimum Gasteiger partial charge on any atom is -0.450 e. The number of fused-ring (bicyclic) bond motifs is 1. The van der Waals surface area contributed by atoms with E-state index in [0.29, 0.717) is 12.8 Å². The normalized spacial score (nSPS) is 24.2. The van der Waals surface area contributed by atoms with Gasteiger partial charge in [0.25, 0.3) is 5.91 Å². The van der Waals surface area contributed by atoms with Gasteiger partial charge >= 0.3 is 12.0 Å². The van der Waals surface area contributed by atoms with E-state index in [9.17, 15) is 24.0 Å². The number of imide groups is 2. The minimum atomic E-state index is -1.27. The van der Waals surface area contributed by atoms with Crippen LogP contribution in [0.4, 0.5) is 4.79 Å². The Labute approximate surface area is 150 Å². The van der Waals surface area contributed by atoms with E-state index in [1.165, 1.54) is 6.92 Å². The summed E-state index contributed by atoms with van der Waals surface area (Å²) >= 11 is 0. The van der Waals surface area contributed by atoms with Crippen LogP contribution in [0, 0.1) is 17.8 Å². The zero-order valence-electron chi connectivity index (χ0n) is 14.9. The van der Waals surface area contributed by atoms with Gasteiger partial charge in [0.15, 0.2) is 6.10 Å². The van der Waals surface area contributed by atoms with Crippen LogP contribution in [0.15, 0.2) is 12.2 Å². The van der Waals surface area contributed by atoms with E-state index in [4.69, 9.17) is 10.5 Å². The summed E-state index contributed by atoms with van der Waals surface area (Å²) < 4.78 is 5.18. The summed E-state index contributed by atoms with van der Waals surface area (Å²) in [6.45, 7) is 4.62. The number of hydrogen-bond donors (Lipinski definition) is 2. The van der Waals surface area contributed by atoms with E-state index in [1.807, 2.05) is 17.5 Å². The average Bonchev–Trinajstić information content (AvgIpc) is 2.82. The number of likely N-dealkylation sites (tertiary alicyclic amines) is 1. The molecule has 0 aromatic heterocycles. The highest BCUT2D eigenvalue weighted by molar-refractivity contribution is 6.08. The Morgan fingerprint density at radius 1 is 1.12 bits per heavy atom. The van der Waals surface area contributed by atoms with Crippen molar-refractivity contribution in [3.8, 4) is 0 Å². The van der Waals surface area contributed by atoms with Crippen molar-refractivity contribution in [3.05, 3.63) is 12.2 Å². The summed E-state index contributed by atoms with van der Waals surface area (Å²) in [5, 5.41) is 1.86. The molecule has 4 atom stereocenters. The summed E-state index contributed by atoms with van der Waals surface area (Å²) in [5.41, 5.74) is 4.91. The molecule has 0 saturated carbocycles. The molecule has 9 heteroatoms. The highest BCUT2D eigenvalue weighted by Gasteiger charge is 2.50. The number of carbonyl (C=O) groups is 5. The van der Waals surface area contributed by atoms with Crippen LogP contribution in [0.1, 0.15) is 33.6 Å². The van der Waals surface area contributed by atoms with E-state index >= 15 is 0 Å². The fraction of sp³-hybridized carbons (Fsp3) is 0.588. The molecular weight excluding hydrogens is 342 g/mol. The number of rotatable bonds is 5. The van der Waals surface area contributed by atoms with Crippen molar-refractivity contribution >= 4 is 29.7 Å². The summed E-state index contributed by atoms with van der Waals surface area (Å²) in [7, 11) is 0. The van der Waals surface area contributed by atoms with Crippen molar-refractivity contribution in [3.63, 3.8) is 0 Å². The monoisotopic (exact) mass is 365 g/mol. The molecule has 26 heavy (non-hydrogen) atoms. The standard InChI is InChI=1S/C17H23N3O6/c1-8(2)12(13(21)19-17(18)25)26-16(24)9(3)20-14(22)10-6-4-5-7-11(10)15(20)23/h4-5,8-12H,6-7H2,1-3H3,(H3,18,19,21,25)/t9-,10-,11+,12-/m0/s1. The smallest absolute Gasteiger partial charge is 0.329 e. The van der Waals surface area contributed by atoms with Crippen LogP contribution in [-0.2, 0) is 23.9 Å². The fourth-order valence-corrected chi connectivity index (χ4v) is 3.22. The maximum Gasteiger partial charge on any atom is 0.329 e. The first-order chi connectivity index (χ1) is 12.1. The van der Waals surface area contributed by atoms with E-state index in [2.05, 4.69) is 0 Å². The van der Waals surface area contributed by atoms with Crippen molar-refractivity contribution < 1.29 is 28.7 Å². The molecule has 2 aliphatic rings. The van der Waals surface area contributed by atoms with Crippen LogP contribution >= 0.6 is 0 Å². The van der Waals surface area contributed by atoms with Crippen LogP contribution in [-0.4, -0.2) is 46.8 Å². The number of carbonyl (C=O) groups excluding carboxylic acids is 5. The average molecular weight is 365 g/mol. The molecule has 5 amide bonds. The lowest BCUT2D eigenvalue weighted by Crippen LogP contribution is -2.49. The third kappa shape index (κ3) is 3.76. The predicted molar refractivity (Wildman–Crippen MR) is 89.1 cm³/mol. The number of primary amides is 1. The molecule has 3 N–H and O–H groups in total. The summed E-state index contributed by atoms with van der Waals surface area (Å²) in [6, 6.07) is -2.23. The van der Waals surface area contributed by atoms with Crippen LogP contribution in [0.25, 0.3) is 0 Å². The second-order valence-corrected chi connectivity index (χ2v) is 6.83. The molecule has 0 aromatic carbocycles. The van der Waals surface area contributed by atoms with Crippen molar-refractivity contribution in [2.45, 2.75) is 45.8 Å². The Morgan fingerprint density at radius 3 is 2.04 bits per heavy atom. The number of nitrogens with two attached hydrogens (primary N) is 1. The lowest BCUT2D eigenvalue weighted by Gasteiger charge is -2.25. The molecule has 9 nitrogen and oxygen atoms in total. The molecule has 0 spiro atoms. The van der Waals surface area contributed by atoms with Crippen molar-refractivity contribution in [1.82, 2.24) is 10.2 Å². The third-order valence-corrected chi connectivity index (χ3v) is 4.62. The minimum absolute atomic E-state index is 0.406. The van der Waals surface area contributed by atoms with E-state index in [1.54, 1.807) is 13.8 Å². The molecule has 1 heterocycles. The second-order valence-electron chi connectivity index (χ2n) is 6.83. The van der Waals surface area contributed by atoms with Crippen LogP contribution < -0.4 is 11.1 Å². The first-order valence-electron chi connectivity index (χ1n) is 8.47. The zero-order chi connectivity index (χ0) is 19.6. The molecular formula is C17H23N3O6. The highest BCUT2D eigenvalue weighted by atomic mass is 16.6. The van der Waals surface area contributed by atoms with Gasteiger partial charge in [-0.2, -0.15) is 0 Å². The first-order valence-corrected chi connectivity index (χ1v) is 8.47. The maximum atomic E-state index is 12.5. The summed E-state index contributed by atoms with van der Waals surface area (Å²) in [4.78, 5) is 61.2. The number of nitrogens with one attached hydrogen (secondary N) is 1. The van der Waals surface area contributed by atoms with Gasteiger partial charge in [0.1, 0.15) is 6.04 Å². The topological polar surface area (TPSA) is 136 Å². The largest absolute Gasteiger partial charge is 0.450 e. The van der Waals surface area contributed by atoms with Crippen molar-refractivity contribution in [1.29, 1.82) is 0 Å². The molecule has 1 aliphatic heterocycles. The van der Waals surface area contributed by atoms with E-state index in [-0.39, 0.29) is 0 Å². The molecule has 0 aromatic rings. The SMILES string of the molecule is CC(C)[C@H](OC(=O)[C@H](C)N1C(=O)[C@H]2CC=CC[C@H]2C1=O)C(=O)NC(N)=O. The number of hydrogen-bond acceptors (Lipinski definition) is 6. The maximum absolute atomic E-state index is 12.5. The Bertz CT molecular complexity index is 645. The molecule has 0 bridgehead atoms. The third-order valence-electron chi connectivity index (χ3n) is 4.62. The summed E-state index contributed by atoms with van der Waals surface area (Å²) in [5.74, 6) is -3.92. The van der Waals surface area contributed by atoms with Gasteiger partial charge in [-0.05, 0) is 25.7 Å². The number of urea groups is 1. The van der Waals surface area contributed by atoms with Gasteiger partial charge in [0.2, 0.25) is 11.8 Å². The number of nitrogens with zero attached hydrogens (tertiary/aromatic N) is 1. The van der Waals surface area contributed by atoms with E-state index < -0.39 is 59.6 Å². The molecule has 2 rings (SSSR count). The number of ether oxygens (including phenoxy) is 1.